The summed E-state index contributed by atoms with van der Waals surface area (Å²) in [7, 11) is 0. The molecule has 2 aromatic carbocycles. The molecular formula is C18H14FN3O2. The van der Waals surface area contributed by atoms with Crippen LogP contribution < -0.4 is 10.2 Å². The van der Waals surface area contributed by atoms with E-state index in [0.717, 1.165) is 0 Å². The highest BCUT2D eigenvalue weighted by atomic mass is 19.1. The van der Waals surface area contributed by atoms with Gasteiger partial charge in [-0.3, -0.25) is 9.59 Å². The average Bonchev–Trinajstić information content (AvgIpc) is 2.98. The Kier molecular flexibility index (Phi) is 4.25. The zero-order chi connectivity index (χ0) is 17.1. The zero-order valence-electron chi connectivity index (χ0n) is 12.7. The molecule has 0 spiro atoms. The average molecular weight is 323 g/mol. The summed E-state index contributed by atoms with van der Waals surface area (Å²) in [6.07, 6.45) is 0.111. The standard InChI is InChI=1S/C18H14FN3O2/c19-14-3-7-16(8-4-14)22-11-13(9-17(22)23)18(24)21-15-5-1-12(10-20)2-6-15/h1-8,13H,9,11H2,(H,21,24)/t13-/m1/s1. The number of amides is 2. The molecule has 3 rings (SSSR count). The van der Waals surface area contributed by atoms with Crippen LogP contribution in [-0.2, 0) is 9.59 Å². The molecule has 0 radical (unpaired) electrons. The van der Waals surface area contributed by atoms with Crippen molar-refractivity contribution in [2.75, 3.05) is 16.8 Å². The molecule has 0 unspecified atom stereocenters. The summed E-state index contributed by atoms with van der Waals surface area (Å²) in [5.41, 5.74) is 1.66. The fraction of sp³-hybridized carbons (Fsp3) is 0.167. The van der Waals surface area contributed by atoms with Crippen LogP contribution in [0.4, 0.5) is 15.8 Å². The van der Waals surface area contributed by atoms with E-state index < -0.39 is 5.92 Å². The predicted octanol–water partition coefficient (Wildman–Crippen LogP) is 2.69. The fourth-order valence-corrected chi connectivity index (χ4v) is 2.63. The Morgan fingerprint density at radius 3 is 2.46 bits per heavy atom. The number of hydrogen-bond donors (Lipinski definition) is 1. The fourth-order valence-electron chi connectivity index (χ4n) is 2.63. The van der Waals surface area contributed by atoms with Gasteiger partial charge < -0.3 is 10.2 Å². The SMILES string of the molecule is N#Cc1ccc(NC(=O)[C@@H]2CC(=O)N(c3ccc(F)cc3)C2)cc1. The van der Waals surface area contributed by atoms with Crippen molar-refractivity contribution in [1.29, 1.82) is 5.26 Å². The maximum atomic E-state index is 13.0. The number of hydrogen-bond acceptors (Lipinski definition) is 3. The third-order valence-electron chi connectivity index (χ3n) is 3.92. The van der Waals surface area contributed by atoms with Gasteiger partial charge in [0, 0.05) is 24.3 Å². The molecule has 1 fully saturated rings. The molecule has 1 aliphatic rings. The second-order valence-electron chi connectivity index (χ2n) is 5.56. The minimum atomic E-state index is -0.474. The van der Waals surface area contributed by atoms with Gasteiger partial charge in [0.25, 0.3) is 0 Å². The van der Waals surface area contributed by atoms with E-state index >= 15 is 0 Å². The number of nitrogens with one attached hydrogen (secondary N) is 1. The third kappa shape index (κ3) is 3.25. The zero-order valence-corrected chi connectivity index (χ0v) is 12.7. The molecule has 1 atom stereocenters. The Labute approximate surface area is 138 Å². The first-order chi connectivity index (χ1) is 11.6. The molecule has 6 heteroatoms. The monoisotopic (exact) mass is 323 g/mol. The third-order valence-corrected chi connectivity index (χ3v) is 3.92. The molecule has 5 nitrogen and oxygen atoms in total. The van der Waals surface area contributed by atoms with Crippen molar-refractivity contribution in [2.24, 2.45) is 5.92 Å². The summed E-state index contributed by atoms with van der Waals surface area (Å²) in [6.45, 7) is 0.257. The van der Waals surface area contributed by atoms with Crippen molar-refractivity contribution in [1.82, 2.24) is 0 Å². The van der Waals surface area contributed by atoms with Crippen molar-refractivity contribution in [2.45, 2.75) is 6.42 Å². The molecule has 24 heavy (non-hydrogen) atoms. The van der Waals surface area contributed by atoms with Crippen LogP contribution in [-0.4, -0.2) is 18.4 Å². The number of rotatable bonds is 3. The molecule has 120 valence electrons. The summed E-state index contributed by atoms with van der Waals surface area (Å²) in [6, 6.07) is 14.1. The molecule has 0 aromatic heterocycles. The van der Waals surface area contributed by atoms with Crippen molar-refractivity contribution >= 4 is 23.2 Å². The second kappa shape index (κ2) is 6.50. The van der Waals surface area contributed by atoms with Crippen molar-refractivity contribution in [3.8, 4) is 6.07 Å². The first-order valence-electron chi connectivity index (χ1n) is 7.44. The summed E-state index contributed by atoms with van der Waals surface area (Å²) in [4.78, 5) is 25.9. The molecule has 1 heterocycles. The van der Waals surface area contributed by atoms with E-state index in [9.17, 15) is 14.0 Å². The minimum Gasteiger partial charge on any atom is -0.326 e. The topological polar surface area (TPSA) is 73.2 Å². The summed E-state index contributed by atoms with van der Waals surface area (Å²) >= 11 is 0. The van der Waals surface area contributed by atoms with Crippen molar-refractivity contribution < 1.29 is 14.0 Å². The van der Waals surface area contributed by atoms with Crippen LogP contribution in [0.25, 0.3) is 0 Å². The molecule has 1 aliphatic heterocycles. The van der Waals surface area contributed by atoms with Gasteiger partial charge in [-0.25, -0.2) is 4.39 Å². The molecule has 2 aromatic rings. The Morgan fingerprint density at radius 2 is 1.83 bits per heavy atom. The van der Waals surface area contributed by atoms with E-state index in [1.807, 2.05) is 6.07 Å². The van der Waals surface area contributed by atoms with Crippen LogP contribution in [0.5, 0.6) is 0 Å². The van der Waals surface area contributed by atoms with Gasteiger partial charge in [-0.15, -0.1) is 0 Å². The van der Waals surface area contributed by atoms with E-state index in [0.29, 0.717) is 16.9 Å². The number of nitrogens with zero attached hydrogens (tertiary/aromatic N) is 2. The van der Waals surface area contributed by atoms with Crippen LogP contribution in [0.2, 0.25) is 0 Å². The number of benzene rings is 2. The Bertz CT molecular complexity index is 810. The number of anilines is 2. The number of carbonyl (C=O) groups excluding carboxylic acids is 2. The Balaban J connectivity index is 1.67. The minimum absolute atomic E-state index is 0.111. The van der Waals surface area contributed by atoms with E-state index in [-0.39, 0.29) is 30.6 Å². The highest BCUT2D eigenvalue weighted by Gasteiger charge is 2.35. The van der Waals surface area contributed by atoms with Gasteiger partial charge in [0.1, 0.15) is 5.82 Å². The largest absolute Gasteiger partial charge is 0.326 e. The van der Waals surface area contributed by atoms with E-state index in [2.05, 4.69) is 5.32 Å². The lowest BCUT2D eigenvalue weighted by Crippen LogP contribution is -2.28. The van der Waals surface area contributed by atoms with Gasteiger partial charge in [0.2, 0.25) is 11.8 Å². The Hall–Kier alpha value is -3.20. The maximum Gasteiger partial charge on any atom is 0.229 e. The Morgan fingerprint density at radius 1 is 1.17 bits per heavy atom. The van der Waals surface area contributed by atoms with Crippen LogP contribution in [0.1, 0.15) is 12.0 Å². The van der Waals surface area contributed by atoms with Crippen molar-refractivity contribution in [3.63, 3.8) is 0 Å². The van der Waals surface area contributed by atoms with E-state index in [1.165, 1.54) is 29.2 Å². The van der Waals surface area contributed by atoms with Gasteiger partial charge in [0.05, 0.1) is 17.6 Å². The predicted molar refractivity (Wildman–Crippen MR) is 86.6 cm³/mol. The first-order valence-corrected chi connectivity index (χ1v) is 7.44. The molecule has 1 saturated heterocycles. The van der Waals surface area contributed by atoms with E-state index in [1.54, 1.807) is 24.3 Å². The number of halogens is 1. The summed E-state index contributed by atoms with van der Waals surface area (Å²) in [5.74, 6) is -1.27. The van der Waals surface area contributed by atoms with Gasteiger partial charge in [-0.05, 0) is 48.5 Å². The molecule has 1 N–H and O–H groups in total. The van der Waals surface area contributed by atoms with Gasteiger partial charge in [0.15, 0.2) is 0 Å². The van der Waals surface area contributed by atoms with Crippen LogP contribution >= 0.6 is 0 Å². The number of carbonyl (C=O) groups is 2. The molecular weight excluding hydrogens is 309 g/mol. The maximum absolute atomic E-state index is 13.0. The lowest BCUT2D eigenvalue weighted by Gasteiger charge is -2.16. The molecule has 2 amide bonds. The number of nitriles is 1. The summed E-state index contributed by atoms with van der Waals surface area (Å²) in [5, 5.41) is 11.5. The van der Waals surface area contributed by atoms with E-state index in [4.69, 9.17) is 5.26 Å². The van der Waals surface area contributed by atoms with Gasteiger partial charge >= 0.3 is 0 Å². The van der Waals surface area contributed by atoms with Crippen molar-refractivity contribution in [3.05, 3.63) is 59.9 Å². The normalized spacial score (nSPS) is 16.8. The van der Waals surface area contributed by atoms with Crippen LogP contribution in [0.3, 0.4) is 0 Å². The first kappa shape index (κ1) is 15.7. The second-order valence-corrected chi connectivity index (χ2v) is 5.56. The smallest absolute Gasteiger partial charge is 0.229 e. The lowest BCUT2D eigenvalue weighted by atomic mass is 10.1. The molecule has 0 saturated carbocycles. The van der Waals surface area contributed by atoms with Gasteiger partial charge in [-0.1, -0.05) is 0 Å². The molecule has 0 aliphatic carbocycles. The summed E-state index contributed by atoms with van der Waals surface area (Å²) < 4.78 is 13.0. The van der Waals surface area contributed by atoms with Crippen LogP contribution in [0.15, 0.2) is 48.5 Å². The quantitative estimate of drug-likeness (QED) is 0.944. The van der Waals surface area contributed by atoms with Crippen LogP contribution in [0, 0.1) is 23.1 Å². The van der Waals surface area contributed by atoms with Gasteiger partial charge in [-0.2, -0.15) is 5.26 Å². The molecule has 0 bridgehead atoms. The lowest BCUT2D eigenvalue weighted by molar-refractivity contribution is -0.122. The highest BCUT2D eigenvalue weighted by Crippen LogP contribution is 2.26. The highest BCUT2D eigenvalue weighted by molar-refractivity contribution is 6.03.